The third kappa shape index (κ3) is 3.32. The highest BCUT2D eigenvalue weighted by molar-refractivity contribution is 6.33. The van der Waals surface area contributed by atoms with Crippen LogP contribution in [0.15, 0.2) is 28.7 Å². The lowest BCUT2D eigenvalue weighted by molar-refractivity contribution is -0.141. The number of aryl methyl sites for hydroxylation is 1. The Morgan fingerprint density at radius 2 is 2.05 bits per heavy atom. The lowest BCUT2D eigenvalue weighted by Gasteiger charge is -2.06. The normalized spacial score (nSPS) is 12.1. The molecule has 2 rings (SSSR count). The molecule has 20 heavy (non-hydrogen) atoms. The van der Waals surface area contributed by atoms with Gasteiger partial charge in [0.25, 0.3) is 0 Å². The molecule has 0 bridgehead atoms. The first-order valence-electron chi connectivity index (χ1n) is 6.19. The topological polar surface area (TPSA) is 52.3 Å². The molecular formula is C14H13B2NO3. The third-order valence-electron chi connectivity index (χ3n) is 2.78. The van der Waals surface area contributed by atoms with Crippen molar-refractivity contribution in [2.75, 3.05) is 6.61 Å². The summed E-state index contributed by atoms with van der Waals surface area (Å²) >= 11 is 0. The van der Waals surface area contributed by atoms with Crippen LogP contribution in [0.2, 0.25) is 0 Å². The number of benzene rings is 1. The number of esters is 1. The van der Waals surface area contributed by atoms with Crippen molar-refractivity contribution in [3.63, 3.8) is 0 Å². The maximum Gasteiger partial charge on any atom is 0.302 e. The summed E-state index contributed by atoms with van der Waals surface area (Å²) in [6.45, 7) is 3.31. The van der Waals surface area contributed by atoms with Gasteiger partial charge in [0.1, 0.15) is 5.69 Å². The first-order chi connectivity index (χ1) is 9.47. The number of carbonyl (C=O) groups excluding carboxylic acids is 1. The van der Waals surface area contributed by atoms with Gasteiger partial charge in [-0.1, -0.05) is 29.8 Å². The molecule has 2 aromatic rings. The van der Waals surface area contributed by atoms with E-state index in [0.717, 1.165) is 11.1 Å². The molecule has 1 heterocycles. The van der Waals surface area contributed by atoms with Crippen LogP contribution in [0.25, 0.3) is 11.3 Å². The molecule has 4 radical (unpaired) electrons. The molecule has 0 aliphatic carbocycles. The van der Waals surface area contributed by atoms with Crippen LogP contribution in [0.4, 0.5) is 0 Å². The van der Waals surface area contributed by atoms with Gasteiger partial charge in [0.05, 0.1) is 20.1 Å². The molecule has 0 saturated carbocycles. The van der Waals surface area contributed by atoms with E-state index in [1.165, 1.54) is 6.92 Å². The predicted molar refractivity (Wildman–Crippen MR) is 77.2 cm³/mol. The Bertz CT molecular complexity index is 607. The summed E-state index contributed by atoms with van der Waals surface area (Å²) in [5.41, 5.74) is 2.73. The van der Waals surface area contributed by atoms with Gasteiger partial charge in [-0.3, -0.25) is 4.79 Å². The Balaban J connectivity index is 2.20. The zero-order chi connectivity index (χ0) is 14.7. The van der Waals surface area contributed by atoms with Gasteiger partial charge < -0.3 is 9.15 Å². The maximum atomic E-state index is 10.8. The molecule has 0 amide bonds. The van der Waals surface area contributed by atoms with Gasteiger partial charge in [-0.25, -0.2) is 4.98 Å². The lowest BCUT2D eigenvalue weighted by atomic mass is 9.88. The second kappa shape index (κ2) is 5.99. The van der Waals surface area contributed by atoms with Gasteiger partial charge in [0, 0.05) is 18.3 Å². The van der Waals surface area contributed by atoms with Crippen LogP contribution in [0.5, 0.6) is 0 Å². The van der Waals surface area contributed by atoms with Crippen molar-refractivity contribution in [2.24, 2.45) is 0 Å². The summed E-state index contributed by atoms with van der Waals surface area (Å²) in [6, 6.07) is 7.74. The Morgan fingerprint density at radius 1 is 1.40 bits per heavy atom. The first kappa shape index (κ1) is 14.4. The van der Waals surface area contributed by atoms with E-state index in [1.54, 1.807) is 0 Å². The minimum atomic E-state index is -0.639. The Morgan fingerprint density at radius 3 is 2.65 bits per heavy atom. The third-order valence-corrected chi connectivity index (χ3v) is 2.78. The molecule has 4 nitrogen and oxygen atoms in total. The van der Waals surface area contributed by atoms with Crippen molar-refractivity contribution in [3.05, 3.63) is 35.7 Å². The van der Waals surface area contributed by atoms with Crippen LogP contribution in [0, 0.1) is 6.92 Å². The lowest BCUT2D eigenvalue weighted by Crippen LogP contribution is -2.11. The fraction of sp³-hybridized carbons (Fsp3) is 0.286. The van der Waals surface area contributed by atoms with E-state index in [0.29, 0.717) is 5.69 Å². The summed E-state index contributed by atoms with van der Waals surface area (Å²) in [4.78, 5) is 15.0. The van der Waals surface area contributed by atoms with Gasteiger partial charge in [-0.05, 0) is 6.92 Å². The molecule has 0 spiro atoms. The van der Waals surface area contributed by atoms with Crippen molar-refractivity contribution in [1.82, 2.24) is 4.98 Å². The summed E-state index contributed by atoms with van der Waals surface area (Å²) < 4.78 is 10.2. The molecule has 1 unspecified atom stereocenters. The van der Waals surface area contributed by atoms with E-state index in [1.807, 2.05) is 31.2 Å². The van der Waals surface area contributed by atoms with Gasteiger partial charge in [0.15, 0.2) is 13.7 Å². The van der Waals surface area contributed by atoms with E-state index >= 15 is 0 Å². The van der Waals surface area contributed by atoms with Crippen LogP contribution in [0.3, 0.4) is 0 Å². The fourth-order valence-electron chi connectivity index (χ4n) is 1.70. The molecule has 6 heteroatoms. The fourth-order valence-corrected chi connectivity index (χ4v) is 1.70. The molecule has 0 fully saturated rings. The molecule has 1 atom stereocenters. The number of aromatic nitrogens is 1. The number of rotatable bonds is 4. The Hall–Kier alpha value is -1.97. The second-order valence-corrected chi connectivity index (χ2v) is 4.54. The van der Waals surface area contributed by atoms with E-state index < -0.39 is 11.8 Å². The van der Waals surface area contributed by atoms with Gasteiger partial charge in [0.2, 0.25) is 0 Å². The molecule has 98 valence electrons. The van der Waals surface area contributed by atoms with Crippen LogP contribution < -0.4 is 5.66 Å². The van der Waals surface area contributed by atoms with Crippen molar-refractivity contribution in [1.29, 1.82) is 0 Å². The molecule has 0 N–H and O–H groups in total. The molecule has 1 aromatic carbocycles. The summed E-state index contributed by atoms with van der Waals surface area (Å²) in [7, 11) is 11.7. The standard InChI is InChI=1S/C14H13B2NO3/c1-8-3-5-10(6-4-8)12-13(16)20-14(17-12)11(15)7-19-9(2)18/h3-6,11H,7H2,1-2H3. The number of carbonyl (C=O) groups is 1. The minimum Gasteiger partial charge on any atom is -0.466 e. The van der Waals surface area contributed by atoms with Crippen LogP contribution >= 0.6 is 0 Å². The molecular weight excluding hydrogens is 252 g/mol. The van der Waals surface area contributed by atoms with Crippen LogP contribution in [-0.4, -0.2) is 33.3 Å². The molecule has 0 saturated heterocycles. The van der Waals surface area contributed by atoms with E-state index in [4.69, 9.17) is 24.8 Å². The Labute approximate surface area is 120 Å². The van der Waals surface area contributed by atoms with Crippen molar-refractivity contribution >= 4 is 27.3 Å². The zero-order valence-corrected chi connectivity index (χ0v) is 11.4. The van der Waals surface area contributed by atoms with Crippen LogP contribution in [0.1, 0.15) is 24.2 Å². The number of nitrogens with zero attached hydrogens (tertiary/aromatic N) is 1. The summed E-state index contributed by atoms with van der Waals surface area (Å²) in [5, 5.41) is 0. The monoisotopic (exact) mass is 265 g/mol. The quantitative estimate of drug-likeness (QED) is 0.616. The smallest absolute Gasteiger partial charge is 0.302 e. The molecule has 0 aliphatic rings. The van der Waals surface area contributed by atoms with Gasteiger partial charge in [-0.2, -0.15) is 0 Å². The summed E-state index contributed by atoms with van der Waals surface area (Å²) in [6.07, 6.45) is 0. The largest absolute Gasteiger partial charge is 0.466 e. The maximum absolute atomic E-state index is 10.8. The average molecular weight is 265 g/mol. The Kier molecular flexibility index (Phi) is 4.32. The summed E-state index contributed by atoms with van der Waals surface area (Å²) in [5.74, 6) is -0.793. The van der Waals surface area contributed by atoms with Gasteiger partial charge >= 0.3 is 5.97 Å². The van der Waals surface area contributed by atoms with Crippen LogP contribution in [-0.2, 0) is 9.53 Å². The highest BCUT2D eigenvalue weighted by Gasteiger charge is 2.17. The average Bonchev–Trinajstić information content (AvgIpc) is 2.79. The van der Waals surface area contributed by atoms with Crippen molar-refractivity contribution in [3.8, 4) is 11.3 Å². The molecule has 1 aromatic heterocycles. The van der Waals surface area contributed by atoms with Crippen molar-refractivity contribution in [2.45, 2.75) is 19.7 Å². The number of oxazole rings is 1. The van der Waals surface area contributed by atoms with E-state index in [9.17, 15) is 4.79 Å². The number of hydrogen-bond acceptors (Lipinski definition) is 4. The first-order valence-corrected chi connectivity index (χ1v) is 6.19. The number of hydrogen-bond donors (Lipinski definition) is 0. The van der Waals surface area contributed by atoms with E-state index in [-0.39, 0.29) is 18.2 Å². The van der Waals surface area contributed by atoms with Crippen molar-refractivity contribution < 1.29 is 13.9 Å². The predicted octanol–water partition coefficient (Wildman–Crippen LogP) is 1.22. The highest BCUT2D eigenvalue weighted by atomic mass is 16.5. The second-order valence-electron chi connectivity index (χ2n) is 4.54. The molecule has 0 aliphatic heterocycles. The SMILES string of the molecule is [B]c1oc(C([B])COC(C)=O)nc1-c1ccc(C)cc1. The highest BCUT2D eigenvalue weighted by Crippen LogP contribution is 2.20. The zero-order valence-electron chi connectivity index (χ0n) is 11.4. The van der Waals surface area contributed by atoms with E-state index in [2.05, 4.69) is 4.98 Å². The van der Waals surface area contributed by atoms with Gasteiger partial charge in [-0.15, -0.1) is 0 Å². The minimum absolute atomic E-state index is 0.00260. The number of ether oxygens (including phenoxy) is 1.